The van der Waals surface area contributed by atoms with Gasteiger partial charge in [0.05, 0.1) is 6.42 Å². The maximum atomic E-state index is 11.5. The standard InChI is InChI=1S/C26H44O3/c1-6-7-8-9-10-11-12-13-14-15-21(18-25(27)28)22-16-23(19(2)3)26(29)24(17-22)20(4)5/h16-17,19-21,29H,6-15,18H2,1-5H3,(H,27,28). The number of hydrogen-bond donors (Lipinski definition) is 2. The lowest BCUT2D eigenvalue weighted by Gasteiger charge is -2.22. The zero-order chi connectivity index (χ0) is 21.8. The molecule has 3 heteroatoms. The Kier molecular flexibility index (Phi) is 12.0. The van der Waals surface area contributed by atoms with Crippen LogP contribution in [0.5, 0.6) is 5.75 Å². The van der Waals surface area contributed by atoms with Crippen molar-refractivity contribution in [3.63, 3.8) is 0 Å². The van der Waals surface area contributed by atoms with Gasteiger partial charge in [0, 0.05) is 0 Å². The number of phenols is 1. The van der Waals surface area contributed by atoms with Crippen LogP contribution in [0.15, 0.2) is 12.1 Å². The minimum Gasteiger partial charge on any atom is -0.507 e. The Balaban J connectivity index is 2.74. The lowest BCUT2D eigenvalue weighted by atomic mass is 9.84. The molecule has 0 aliphatic rings. The van der Waals surface area contributed by atoms with Crippen LogP contribution in [0, 0.1) is 0 Å². The fraction of sp³-hybridized carbons (Fsp3) is 0.731. The van der Waals surface area contributed by atoms with Gasteiger partial charge in [-0.25, -0.2) is 0 Å². The Bertz CT molecular complexity index is 575. The van der Waals surface area contributed by atoms with Gasteiger partial charge >= 0.3 is 5.97 Å². The summed E-state index contributed by atoms with van der Waals surface area (Å²) in [5, 5.41) is 20.1. The summed E-state index contributed by atoms with van der Waals surface area (Å²) in [4.78, 5) is 11.5. The molecule has 2 N–H and O–H groups in total. The van der Waals surface area contributed by atoms with Crippen LogP contribution in [-0.4, -0.2) is 16.2 Å². The number of carboxylic acids is 1. The number of carbonyl (C=O) groups is 1. The lowest BCUT2D eigenvalue weighted by molar-refractivity contribution is -0.137. The normalized spacial score (nSPS) is 12.7. The van der Waals surface area contributed by atoms with Crippen molar-refractivity contribution >= 4 is 5.97 Å². The number of aliphatic carboxylic acids is 1. The largest absolute Gasteiger partial charge is 0.507 e. The van der Waals surface area contributed by atoms with Crippen LogP contribution in [0.25, 0.3) is 0 Å². The van der Waals surface area contributed by atoms with Gasteiger partial charge in [-0.1, -0.05) is 105 Å². The van der Waals surface area contributed by atoms with E-state index in [-0.39, 0.29) is 24.2 Å². The van der Waals surface area contributed by atoms with Crippen LogP contribution in [0.4, 0.5) is 0 Å². The molecule has 0 fully saturated rings. The molecule has 166 valence electrons. The zero-order valence-corrected chi connectivity index (χ0v) is 19.5. The fourth-order valence-corrected chi connectivity index (χ4v) is 4.12. The van der Waals surface area contributed by atoms with Crippen molar-refractivity contribution in [2.24, 2.45) is 0 Å². The molecule has 0 bridgehead atoms. The average molecular weight is 405 g/mol. The molecule has 0 radical (unpaired) electrons. The van der Waals surface area contributed by atoms with E-state index in [1.807, 2.05) is 12.1 Å². The van der Waals surface area contributed by atoms with E-state index in [0.29, 0.717) is 5.75 Å². The van der Waals surface area contributed by atoms with E-state index in [9.17, 15) is 15.0 Å². The zero-order valence-electron chi connectivity index (χ0n) is 19.5. The molecule has 0 heterocycles. The SMILES string of the molecule is CCCCCCCCCCCC(CC(=O)O)c1cc(C(C)C)c(O)c(C(C)C)c1. The number of unbranched alkanes of at least 4 members (excludes halogenated alkanes) is 8. The third kappa shape index (κ3) is 9.23. The second-order valence-electron chi connectivity index (χ2n) is 9.27. The van der Waals surface area contributed by atoms with E-state index in [1.54, 1.807) is 0 Å². The van der Waals surface area contributed by atoms with Gasteiger partial charge in [-0.2, -0.15) is 0 Å². The van der Waals surface area contributed by atoms with E-state index in [1.165, 1.54) is 51.4 Å². The minimum absolute atomic E-state index is 0.0210. The summed E-state index contributed by atoms with van der Waals surface area (Å²) >= 11 is 0. The molecular weight excluding hydrogens is 360 g/mol. The quantitative estimate of drug-likeness (QED) is 0.290. The van der Waals surface area contributed by atoms with Crippen molar-refractivity contribution in [3.05, 3.63) is 28.8 Å². The topological polar surface area (TPSA) is 57.5 Å². The molecule has 0 saturated heterocycles. The smallest absolute Gasteiger partial charge is 0.303 e. The summed E-state index contributed by atoms with van der Waals surface area (Å²) in [6, 6.07) is 4.10. The third-order valence-corrected chi connectivity index (χ3v) is 5.98. The molecule has 1 atom stereocenters. The first-order valence-corrected chi connectivity index (χ1v) is 11.9. The highest BCUT2D eigenvalue weighted by molar-refractivity contribution is 5.68. The molecule has 0 aliphatic heterocycles. The molecule has 0 amide bonds. The Morgan fingerprint density at radius 1 is 0.828 bits per heavy atom. The van der Waals surface area contributed by atoms with Crippen LogP contribution in [0.3, 0.4) is 0 Å². The maximum Gasteiger partial charge on any atom is 0.303 e. The molecule has 3 nitrogen and oxygen atoms in total. The molecule has 29 heavy (non-hydrogen) atoms. The molecule has 0 saturated carbocycles. The summed E-state index contributed by atoms with van der Waals surface area (Å²) in [7, 11) is 0. The predicted octanol–water partition coefficient (Wildman–Crippen LogP) is 8.12. The van der Waals surface area contributed by atoms with Gasteiger partial charge < -0.3 is 10.2 Å². The molecular formula is C26H44O3. The summed E-state index contributed by atoms with van der Waals surface area (Å²) in [5.74, 6) is 0.0935. The fourth-order valence-electron chi connectivity index (χ4n) is 4.12. The van der Waals surface area contributed by atoms with Gasteiger partial charge in [0.15, 0.2) is 0 Å². The van der Waals surface area contributed by atoms with E-state index in [0.717, 1.165) is 29.5 Å². The van der Waals surface area contributed by atoms with Gasteiger partial charge in [0.1, 0.15) is 5.75 Å². The van der Waals surface area contributed by atoms with Crippen LogP contribution >= 0.6 is 0 Å². The van der Waals surface area contributed by atoms with Crippen LogP contribution < -0.4 is 0 Å². The van der Waals surface area contributed by atoms with Gasteiger partial charge in [0.2, 0.25) is 0 Å². The van der Waals surface area contributed by atoms with Gasteiger partial charge in [-0.3, -0.25) is 4.79 Å². The third-order valence-electron chi connectivity index (χ3n) is 5.98. The summed E-state index contributed by atoms with van der Waals surface area (Å²) in [6.07, 6.45) is 12.5. The molecule has 1 unspecified atom stereocenters. The monoisotopic (exact) mass is 404 g/mol. The first-order valence-electron chi connectivity index (χ1n) is 11.9. The molecule has 1 aromatic rings. The molecule has 0 spiro atoms. The van der Waals surface area contributed by atoms with Crippen molar-refractivity contribution in [3.8, 4) is 5.75 Å². The number of phenolic OH excluding ortho intramolecular Hbond substituents is 1. The Labute approximate surface area is 178 Å². The van der Waals surface area contributed by atoms with Crippen LogP contribution in [-0.2, 0) is 4.79 Å². The van der Waals surface area contributed by atoms with Crippen LogP contribution in [0.2, 0.25) is 0 Å². The molecule has 0 aromatic heterocycles. The first-order chi connectivity index (χ1) is 13.8. The van der Waals surface area contributed by atoms with E-state index in [4.69, 9.17) is 0 Å². The average Bonchev–Trinajstić information content (AvgIpc) is 2.65. The first kappa shape index (κ1) is 25.5. The van der Waals surface area contributed by atoms with Gasteiger partial charge in [0.25, 0.3) is 0 Å². The van der Waals surface area contributed by atoms with Crippen molar-refractivity contribution < 1.29 is 15.0 Å². The van der Waals surface area contributed by atoms with E-state index < -0.39 is 5.97 Å². The predicted molar refractivity (Wildman–Crippen MR) is 123 cm³/mol. The summed E-state index contributed by atoms with van der Waals surface area (Å²) in [6.45, 7) is 10.6. The maximum absolute atomic E-state index is 11.5. The van der Waals surface area contributed by atoms with Crippen molar-refractivity contribution in [2.45, 2.75) is 123 Å². The minimum atomic E-state index is -0.740. The molecule has 1 rings (SSSR count). The van der Waals surface area contributed by atoms with E-state index in [2.05, 4.69) is 34.6 Å². The van der Waals surface area contributed by atoms with Crippen molar-refractivity contribution in [1.82, 2.24) is 0 Å². The molecule has 1 aromatic carbocycles. The lowest BCUT2D eigenvalue weighted by Crippen LogP contribution is -2.09. The second kappa shape index (κ2) is 13.7. The Morgan fingerprint density at radius 2 is 1.28 bits per heavy atom. The van der Waals surface area contributed by atoms with Crippen molar-refractivity contribution in [2.75, 3.05) is 0 Å². The summed E-state index contributed by atoms with van der Waals surface area (Å²) in [5.41, 5.74) is 2.96. The number of benzene rings is 1. The van der Waals surface area contributed by atoms with Gasteiger partial charge in [-0.05, 0) is 40.9 Å². The van der Waals surface area contributed by atoms with Crippen molar-refractivity contribution in [1.29, 1.82) is 0 Å². The van der Waals surface area contributed by atoms with Crippen LogP contribution in [0.1, 0.15) is 140 Å². The highest BCUT2D eigenvalue weighted by Crippen LogP contribution is 2.38. The van der Waals surface area contributed by atoms with E-state index >= 15 is 0 Å². The number of aromatic hydroxyl groups is 1. The highest BCUT2D eigenvalue weighted by Gasteiger charge is 2.21. The Hall–Kier alpha value is -1.51. The summed E-state index contributed by atoms with van der Waals surface area (Å²) < 4.78 is 0. The molecule has 0 aliphatic carbocycles. The van der Waals surface area contributed by atoms with Gasteiger partial charge in [-0.15, -0.1) is 0 Å². The highest BCUT2D eigenvalue weighted by atomic mass is 16.4. The second-order valence-corrected chi connectivity index (χ2v) is 9.27. The Morgan fingerprint density at radius 3 is 1.69 bits per heavy atom. The number of carboxylic acid groups (broad SMARTS) is 1. The number of rotatable bonds is 15. The number of hydrogen-bond acceptors (Lipinski definition) is 2.